The van der Waals surface area contributed by atoms with Gasteiger partial charge in [0.2, 0.25) is 0 Å². The molecule has 1 aliphatic rings. The monoisotopic (exact) mass is 564 g/mol. The van der Waals surface area contributed by atoms with Crippen LogP contribution in [0.1, 0.15) is 31.5 Å². The summed E-state index contributed by atoms with van der Waals surface area (Å²) in [6.45, 7) is 11.3. The van der Waals surface area contributed by atoms with Crippen molar-refractivity contribution in [2.45, 2.75) is 44.2 Å². The van der Waals surface area contributed by atoms with E-state index in [1.807, 2.05) is 19.9 Å². The summed E-state index contributed by atoms with van der Waals surface area (Å²) < 4.78 is 39.0. The van der Waals surface area contributed by atoms with Gasteiger partial charge in [-0.2, -0.15) is 0 Å². The van der Waals surface area contributed by atoms with E-state index in [-0.39, 0.29) is 4.90 Å². The number of piperazine rings is 1. The van der Waals surface area contributed by atoms with Gasteiger partial charge in [-0.25, -0.2) is 12.8 Å². The van der Waals surface area contributed by atoms with E-state index >= 15 is 4.39 Å². The Morgan fingerprint density at radius 1 is 0.975 bits per heavy atom. The molecule has 0 amide bonds. The summed E-state index contributed by atoms with van der Waals surface area (Å²) in [6.07, 6.45) is 1.93. The molecule has 0 spiro atoms. The second kappa shape index (κ2) is 11.0. The highest BCUT2D eigenvalue weighted by atomic mass is 32.2. The van der Waals surface area contributed by atoms with Crippen molar-refractivity contribution in [3.05, 3.63) is 71.7 Å². The van der Waals surface area contributed by atoms with Crippen LogP contribution in [0.2, 0.25) is 0 Å². The largest absolute Gasteiger partial charge is 0.390 e. The van der Waals surface area contributed by atoms with Gasteiger partial charge in [0, 0.05) is 56.7 Å². The minimum atomic E-state index is -3.33. The van der Waals surface area contributed by atoms with Crippen molar-refractivity contribution in [1.29, 1.82) is 0 Å². The lowest BCUT2D eigenvalue weighted by Gasteiger charge is -2.35. The van der Waals surface area contributed by atoms with Gasteiger partial charge in [0.15, 0.2) is 15.7 Å². The fourth-order valence-electron chi connectivity index (χ4n) is 5.22. The van der Waals surface area contributed by atoms with E-state index in [4.69, 9.17) is 4.98 Å². The highest BCUT2D eigenvalue weighted by Crippen LogP contribution is 2.33. The Hall–Kier alpha value is -3.11. The third-order valence-corrected chi connectivity index (χ3v) is 8.76. The second-order valence-corrected chi connectivity index (χ2v) is 13.5. The smallest absolute Gasteiger partial charge is 0.175 e. The summed E-state index contributed by atoms with van der Waals surface area (Å²) in [7, 11) is -3.33. The number of aryl methyl sites for hydroxylation is 1. The van der Waals surface area contributed by atoms with Crippen LogP contribution >= 0.6 is 0 Å². The lowest BCUT2D eigenvalue weighted by atomic mass is 10.0. The number of pyridine rings is 1. The molecule has 0 saturated carbocycles. The molecular formula is C31H37FN4O3S. The summed E-state index contributed by atoms with van der Waals surface area (Å²) in [5, 5.41) is 10.4. The summed E-state index contributed by atoms with van der Waals surface area (Å²) in [5.74, 6) is -0.394. The number of sulfone groups is 1. The number of fused-ring (bicyclic) bond motifs is 1. The van der Waals surface area contributed by atoms with Crippen LogP contribution in [-0.2, 0) is 16.4 Å². The second-order valence-electron chi connectivity index (χ2n) is 11.5. The van der Waals surface area contributed by atoms with Crippen LogP contribution in [0.15, 0.2) is 59.5 Å². The minimum absolute atomic E-state index is 0.195. The van der Waals surface area contributed by atoms with Gasteiger partial charge in [-0.3, -0.25) is 9.88 Å². The minimum Gasteiger partial charge on any atom is -0.390 e. The molecule has 2 N–H and O–H groups in total. The molecule has 0 atom stereocenters. The number of nitrogens with zero attached hydrogens (tertiary/aromatic N) is 3. The number of benzene rings is 2. The predicted molar refractivity (Wildman–Crippen MR) is 157 cm³/mol. The van der Waals surface area contributed by atoms with Crippen LogP contribution in [0, 0.1) is 12.7 Å². The van der Waals surface area contributed by atoms with Gasteiger partial charge in [-0.05, 0) is 51.0 Å². The summed E-state index contributed by atoms with van der Waals surface area (Å²) >= 11 is 0. The number of H-pyrrole nitrogens is 1. The first kappa shape index (κ1) is 28.4. The van der Waals surface area contributed by atoms with E-state index in [9.17, 15) is 13.5 Å². The molecular weight excluding hydrogens is 527 g/mol. The van der Waals surface area contributed by atoms with E-state index < -0.39 is 21.3 Å². The fraction of sp³-hybridized carbons (Fsp3) is 0.387. The Bertz CT molecular complexity index is 1600. The number of aromatic nitrogens is 2. The predicted octanol–water partition coefficient (Wildman–Crippen LogP) is 5.03. The van der Waals surface area contributed by atoms with E-state index in [2.05, 4.69) is 39.0 Å². The standard InChI is InChI=1S/C31H37FN4O3S/c1-21-28-27(34-30(29(28)32)24-9-11-25(12-10-24)40(4,38)39)19-26(33-21)23-7-5-22(6-8-23)20-36-17-15-35(16-18-36)14-13-31(2,3)37/h5-12,19,34,37H,13-18,20H2,1-4H3. The topological polar surface area (TPSA) is 89.5 Å². The first-order chi connectivity index (χ1) is 18.9. The molecule has 0 unspecified atom stereocenters. The van der Waals surface area contributed by atoms with E-state index in [1.165, 1.54) is 17.7 Å². The first-order valence-electron chi connectivity index (χ1n) is 13.6. The molecule has 4 aromatic rings. The third-order valence-electron chi connectivity index (χ3n) is 7.63. The maximum absolute atomic E-state index is 15.4. The Morgan fingerprint density at radius 3 is 2.17 bits per heavy atom. The van der Waals surface area contributed by atoms with Crippen molar-refractivity contribution in [3.8, 4) is 22.5 Å². The van der Waals surface area contributed by atoms with Crippen molar-refractivity contribution < 1.29 is 17.9 Å². The molecule has 2 aromatic heterocycles. The number of rotatable bonds is 8. The summed E-state index contributed by atoms with van der Waals surface area (Å²) in [4.78, 5) is 13.0. The van der Waals surface area contributed by atoms with Crippen molar-refractivity contribution in [3.63, 3.8) is 0 Å². The lowest BCUT2D eigenvalue weighted by molar-refractivity contribution is 0.0467. The van der Waals surface area contributed by atoms with E-state index in [0.29, 0.717) is 27.9 Å². The molecule has 212 valence electrons. The van der Waals surface area contributed by atoms with Crippen LogP contribution in [0.4, 0.5) is 4.39 Å². The number of hydrogen-bond donors (Lipinski definition) is 2. The number of halogens is 1. The number of nitrogens with one attached hydrogen (secondary N) is 1. The Kier molecular flexibility index (Phi) is 7.85. The van der Waals surface area contributed by atoms with Gasteiger partial charge in [-0.1, -0.05) is 36.4 Å². The van der Waals surface area contributed by atoms with Crippen LogP contribution in [0.5, 0.6) is 0 Å². The van der Waals surface area contributed by atoms with Crippen LogP contribution in [0.3, 0.4) is 0 Å². The van der Waals surface area contributed by atoms with Crippen LogP contribution in [0.25, 0.3) is 33.4 Å². The number of hydrogen-bond acceptors (Lipinski definition) is 6. The maximum atomic E-state index is 15.4. The molecule has 0 bridgehead atoms. The summed E-state index contributed by atoms with van der Waals surface area (Å²) in [5.41, 5.74) is 4.45. The molecule has 9 heteroatoms. The molecule has 1 saturated heterocycles. The van der Waals surface area contributed by atoms with Crippen molar-refractivity contribution in [2.24, 2.45) is 0 Å². The van der Waals surface area contributed by atoms with Crippen LogP contribution < -0.4 is 0 Å². The number of aromatic amines is 1. The average Bonchev–Trinajstić information content (AvgIpc) is 3.24. The zero-order chi connectivity index (χ0) is 28.7. The quantitative estimate of drug-likeness (QED) is 0.312. The number of aliphatic hydroxyl groups is 1. The maximum Gasteiger partial charge on any atom is 0.175 e. The Labute approximate surface area is 235 Å². The zero-order valence-corrected chi connectivity index (χ0v) is 24.4. The van der Waals surface area contributed by atoms with Crippen molar-refractivity contribution in [1.82, 2.24) is 19.8 Å². The first-order valence-corrected chi connectivity index (χ1v) is 15.5. The van der Waals surface area contributed by atoms with Gasteiger partial charge < -0.3 is 15.0 Å². The van der Waals surface area contributed by atoms with Crippen LogP contribution in [-0.4, -0.2) is 77.9 Å². The molecule has 1 fully saturated rings. The average molecular weight is 565 g/mol. The van der Waals surface area contributed by atoms with Crippen molar-refractivity contribution in [2.75, 3.05) is 39.0 Å². The Morgan fingerprint density at radius 2 is 1.57 bits per heavy atom. The third kappa shape index (κ3) is 6.44. The van der Waals surface area contributed by atoms with Gasteiger partial charge >= 0.3 is 0 Å². The fourth-order valence-corrected chi connectivity index (χ4v) is 5.85. The molecule has 0 aliphatic carbocycles. The highest BCUT2D eigenvalue weighted by molar-refractivity contribution is 7.90. The molecule has 7 nitrogen and oxygen atoms in total. The van der Waals surface area contributed by atoms with Crippen molar-refractivity contribution >= 4 is 20.7 Å². The Balaban J connectivity index is 1.29. The SMILES string of the molecule is Cc1nc(-c2ccc(CN3CCN(CCC(C)(C)O)CC3)cc2)cc2[nH]c(-c3ccc(S(C)(=O)=O)cc3)c(F)c12. The van der Waals surface area contributed by atoms with Gasteiger partial charge in [0.05, 0.1) is 38.5 Å². The van der Waals surface area contributed by atoms with Gasteiger partial charge in [-0.15, -0.1) is 0 Å². The molecule has 0 radical (unpaired) electrons. The summed E-state index contributed by atoms with van der Waals surface area (Å²) in [6, 6.07) is 16.4. The molecule has 3 heterocycles. The lowest BCUT2D eigenvalue weighted by Crippen LogP contribution is -2.47. The molecule has 5 rings (SSSR count). The highest BCUT2D eigenvalue weighted by Gasteiger charge is 2.21. The zero-order valence-electron chi connectivity index (χ0n) is 23.5. The van der Waals surface area contributed by atoms with Gasteiger partial charge in [0.1, 0.15) is 0 Å². The molecule has 40 heavy (non-hydrogen) atoms. The van der Waals surface area contributed by atoms with E-state index in [0.717, 1.165) is 63.2 Å². The van der Waals surface area contributed by atoms with E-state index in [1.54, 1.807) is 19.1 Å². The normalized spacial score (nSPS) is 15.7. The molecule has 1 aliphatic heterocycles. The van der Waals surface area contributed by atoms with Gasteiger partial charge in [0.25, 0.3) is 0 Å². The molecule has 2 aromatic carbocycles.